The molecule has 184 valence electrons. The molecule has 2 aromatic carbocycles. The van der Waals surface area contributed by atoms with Crippen molar-refractivity contribution in [1.29, 1.82) is 0 Å². The van der Waals surface area contributed by atoms with Gasteiger partial charge in [0.25, 0.3) is 5.60 Å². The molecule has 2 saturated carbocycles. The van der Waals surface area contributed by atoms with Crippen LogP contribution in [-0.2, 0) is 29.7 Å². The third kappa shape index (κ3) is 3.55. The van der Waals surface area contributed by atoms with Crippen LogP contribution in [0.5, 0.6) is 0 Å². The highest BCUT2D eigenvalue weighted by Gasteiger charge is 2.75. The summed E-state index contributed by atoms with van der Waals surface area (Å²) in [5.74, 6) is -1.60. The maximum Gasteiger partial charge on any atom is 0.432 e. The predicted octanol–water partition coefficient (Wildman–Crippen LogP) is 5.12. The van der Waals surface area contributed by atoms with Gasteiger partial charge in [0, 0.05) is 18.1 Å². The summed E-state index contributed by atoms with van der Waals surface area (Å²) in [7, 11) is -2.97. The lowest BCUT2D eigenvalue weighted by molar-refractivity contribution is -0.277. The van der Waals surface area contributed by atoms with Crippen molar-refractivity contribution in [2.24, 2.45) is 5.41 Å². The van der Waals surface area contributed by atoms with Crippen LogP contribution in [0, 0.1) is 12.3 Å². The summed E-state index contributed by atoms with van der Waals surface area (Å²) in [6.45, 7) is 1.44. The van der Waals surface area contributed by atoms with Gasteiger partial charge in [-0.1, -0.05) is 60.9 Å². The Labute approximate surface area is 197 Å². The van der Waals surface area contributed by atoms with Gasteiger partial charge in [-0.05, 0) is 38.3 Å². The number of esters is 1. The molecule has 2 aromatic rings. The number of carbonyl (C=O) groups excluding carboxylic acids is 1. The number of rotatable bonds is 7. The molecule has 4 rings (SSSR count). The normalized spacial score (nSPS) is 26.3. The highest BCUT2D eigenvalue weighted by atomic mass is 32.2. The molecule has 2 fully saturated rings. The smallest absolute Gasteiger partial charge is 0.432 e. The summed E-state index contributed by atoms with van der Waals surface area (Å²) in [6.07, 6.45) is -2.58. The number of carbonyl (C=O) groups is 1. The lowest BCUT2D eigenvalue weighted by Crippen LogP contribution is -2.52. The number of aryl methyl sites for hydroxylation is 1. The van der Waals surface area contributed by atoms with Gasteiger partial charge in [-0.2, -0.15) is 13.2 Å². The molecule has 0 aromatic heterocycles. The second-order valence-corrected chi connectivity index (χ2v) is 11.6. The standard InChI is InChI=1S/C25H27F3O5S/c1-18-10-12-20(13-11-18)34(30,31)23-15-7-6-14-22(23,16-23)17-33-21(29)24(32-2,25(26,27)28)19-8-4-3-5-9-19/h3-5,8-13H,6-7,14-17H2,1-2H3/t22-,23-,24+/m1/s1. The van der Waals surface area contributed by atoms with Gasteiger partial charge in [-0.3, -0.25) is 0 Å². The lowest BCUT2D eigenvalue weighted by Gasteiger charge is -2.34. The lowest BCUT2D eigenvalue weighted by atomic mass is 9.88. The van der Waals surface area contributed by atoms with Crippen molar-refractivity contribution in [3.63, 3.8) is 0 Å². The van der Waals surface area contributed by atoms with Crippen molar-refractivity contribution in [2.45, 2.75) is 60.4 Å². The summed E-state index contributed by atoms with van der Waals surface area (Å²) in [6, 6.07) is 13.1. The fourth-order valence-corrected chi connectivity index (χ4v) is 8.01. The minimum Gasteiger partial charge on any atom is -0.462 e. The molecule has 0 radical (unpaired) electrons. The van der Waals surface area contributed by atoms with Crippen molar-refractivity contribution < 1.29 is 35.9 Å². The first kappa shape index (κ1) is 24.7. The molecule has 34 heavy (non-hydrogen) atoms. The molecule has 2 aliphatic carbocycles. The van der Waals surface area contributed by atoms with E-state index < -0.39 is 49.9 Å². The van der Waals surface area contributed by atoms with E-state index in [4.69, 9.17) is 9.47 Å². The van der Waals surface area contributed by atoms with Gasteiger partial charge in [0.2, 0.25) is 0 Å². The summed E-state index contributed by atoms with van der Waals surface area (Å²) in [5.41, 5.74) is -3.69. The monoisotopic (exact) mass is 496 g/mol. The number of methoxy groups -OCH3 is 1. The van der Waals surface area contributed by atoms with Crippen molar-refractivity contribution >= 4 is 15.8 Å². The molecular formula is C25H27F3O5S. The summed E-state index contributed by atoms with van der Waals surface area (Å²) >= 11 is 0. The van der Waals surface area contributed by atoms with E-state index in [-0.39, 0.29) is 11.3 Å². The molecule has 0 amide bonds. The Bertz CT molecular complexity index is 1160. The Balaban J connectivity index is 1.63. The van der Waals surface area contributed by atoms with Gasteiger partial charge in [0.1, 0.15) is 0 Å². The van der Waals surface area contributed by atoms with Crippen molar-refractivity contribution in [1.82, 2.24) is 0 Å². The average Bonchev–Trinajstić information content (AvgIpc) is 3.50. The summed E-state index contributed by atoms with van der Waals surface area (Å²) in [5, 5.41) is 0. The average molecular weight is 497 g/mol. The highest BCUT2D eigenvalue weighted by Crippen LogP contribution is 2.70. The van der Waals surface area contributed by atoms with Gasteiger partial charge < -0.3 is 9.47 Å². The molecule has 0 spiro atoms. The number of benzene rings is 2. The van der Waals surface area contributed by atoms with Crippen LogP contribution < -0.4 is 0 Å². The number of ether oxygens (including phenoxy) is 2. The van der Waals surface area contributed by atoms with Crippen LogP contribution in [0.2, 0.25) is 0 Å². The van der Waals surface area contributed by atoms with Gasteiger partial charge in [-0.25, -0.2) is 13.2 Å². The van der Waals surface area contributed by atoms with E-state index in [0.717, 1.165) is 31.2 Å². The fourth-order valence-electron chi connectivity index (χ4n) is 5.45. The second-order valence-electron chi connectivity index (χ2n) is 9.30. The molecule has 0 bridgehead atoms. The zero-order valence-electron chi connectivity index (χ0n) is 19.0. The zero-order valence-corrected chi connectivity index (χ0v) is 19.8. The van der Waals surface area contributed by atoms with E-state index in [1.54, 1.807) is 24.3 Å². The number of hydrogen-bond acceptors (Lipinski definition) is 5. The number of halogens is 3. The fraction of sp³-hybridized carbons (Fsp3) is 0.480. The number of sulfone groups is 1. The number of hydrogen-bond donors (Lipinski definition) is 0. The van der Waals surface area contributed by atoms with E-state index in [0.29, 0.717) is 19.3 Å². The quantitative estimate of drug-likeness (QED) is 0.498. The van der Waals surface area contributed by atoms with Gasteiger partial charge in [0.05, 0.1) is 16.2 Å². The first-order valence-corrected chi connectivity index (χ1v) is 12.6. The van der Waals surface area contributed by atoms with E-state index >= 15 is 0 Å². The maximum atomic E-state index is 14.2. The number of alkyl halides is 3. The van der Waals surface area contributed by atoms with Crippen LogP contribution in [0.1, 0.15) is 43.2 Å². The Hall–Kier alpha value is -2.39. The third-order valence-corrected chi connectivity index (χ3v) is 10.2. The second kappa shape index (κ2) is 8.37. The van der Waals surface area contributed by atoms with Crippen LogP contribution in [-0.4, -0.2) is 39.0 Å². The molecule has 2 aliphatic rings. The zero-order chi connectivity index (χ0) is 24.8. The van der Waals surface area contributed by atoms with Crippen molar-refractivity contribution in [3.8, 4) is 0 Å². The topological polar surface area (TPSA) is 69.7 Å². The van der Waals surface area contributed by atoms with Gasteiger partial charge in [0.15, 0.2) is 9.84 Å². The van der Waals surface area contributed by atoms with Gasteiger partial charge >= 0.3 is 12.1 Å². The Kier molecular flexibility index (Phi) is 6.09. The first-order valence-electron chi connectivity index (χ1n) is 11.1. The van der Waals surface area contributed by atoms with E-state index in [1.807, 2.05) is 6.92 Å². The summed E-state index contributed by atoms with van der Waals surface area (Å²) < 4.78 is 78.7. The van der Waals surface area contributed by atoms with Crippen LogP contribution in [0.4, 0.5) is 13.2 Å². The predicted molar refractivity (Wildman–Crippen MR) is 119 cm³/mol. The molecule has 9 heteroatoms. The van der Waals surface area contributed by atoms with Crippen molar-refractivity contribution in [2.75, 3.05) is 13.7 Å². The van der Waals surface area contributed by atoms with Crippen LogP contribution >= 0.6 is 0 Å². The van der Waals surface area contributed by atoms with E-state index in [2.05, 4.69) is 0 Å². The maximum absolute atomic E-state index is 14.2. The molecule has 3 atom stereocenters. The minimum atomic E-state index is -5.08. The molecule has 0 aliphatic heterocycles. The molecule has 0 N–H and O–H groups in total. The molecule has 0 unspecified atom stereocenters. The van der Waals surface area contributed by atoms with Crippen molar-refractivity contribution in [3.05, 3.63) is 65.7 Å². The molecular weight excluding hydrogens is 469 g/mol. The largest absolute Gasteiger partial charge is 0.462 e. The molecule has 0 heterocycles. The Morgan fingerprint density at radius 2 is 1.62 bits per heavy atom. The van der Waals surface area contributed by atoms with E-state index in [1.165, 1.54) is 18.2 Å². The molecule has 5 nitrogen and oxygen atoms in total. The number of fused-ring (bicyclic) bond motifs is 1. The third-order valence-electron chi connectivity index (χ3n) is 7.45. The SMILES string of the molecule is CO[C@](C(=O)OC[C@]12CCCC[C@@]1(S(=O)(=O)c1ccc(C)cc1)C2)(c1ccccc1)C(F)(F)F. The van der Waals surface area contributed by atoms with Gasteiger partial charge in [-0.15, -0.1) is 0 Å². The Morgan fingerprint density at radius 3 is 2.21 bits per heavy atom. The highest BCUT2D eigenvalue weighted by molar-refractivity contribution is 7.93. The molecule has 0 saturated heterocycles. The minimum absolute atomic E-state index is 0.180. The first-order chi connectivity index (χ1) is 16.0. The Morgan fingerprint density at radius 1 is 1.00 bits per heavy atom. The van der Waals surface area contributed by atoms with Crippen LogP contribution in [0.15, 0.2) is 59.5 Å². The van der Waals surface area contributed by atoms with Crippen LogP contribution in [0.3, 0.4) is 0 Å². The van der Waals surface area contributed by atoms with E-state index in [9.17, 15) is 26.4 Å². The summed E-state index contributed by atoms with van der Waals surface area (Å²) in [4.78, 5) is 13.2. The van der Waals surface area contributed by atoms with Crippen LogP contribution in [0.25, 0.3) is 0 Å².